The summed E-state index contributed by atoms with van der Waals surface area (Å²) in [5, 5.41) is 13.5. The minimum Gasteiger partial charge on any atom is -0.377 e. The van der Waals surface area contributed by atoms with Crippen molar-refractivity contribution in [1.29, 1.82) is 0 Å². The summed E-state index contributed by atoms with van der Waals surface area (Å²) in [7, 11) is 2.95. The highest BCUT2D eigenvalue weighted by atomic mass is 19.1. The first-order valence-electron chi connectivity index (χ1n) is 5.25. The molecule has 6 nitrogen and oxygen atoms in total. The Balaban J connectivity index is 2.87. The molecule has 1 aromatic carbocycles. The number of hydrogen-bond acceptors (Lipinski definition) is 5. The molecule has 0 amide bonds. The molecule has 0 aliphatic rings. The lowest BCUT2D eigenvalue weighted by Gasteiger charge is -2.22. The number of methoxy groups -OCH3 is 2. The zero-order chi connectivity index (χ0) is 13.7. The van der Waals surface area contributed by atoms with Gasteiger partial charge in [0.05, 0.1) is 17.0 Å². The van der Waals surface area contributed by atoms with Gasteiger partial charge in [-0.15, -0.1) is 0 Å². The largest absolute Gasteiger partial charge is 0.377 e. The Kier molecular flexibility index (Phi) is 4.99. The van der Waals surface area contributed by atoms with E-state index < -0.39 is 17.0 Å². The molecular weight excluding hydrogens is 243 g/mol. The Morgan fingerprint density at radius 2 is 1.94 bits per heavy atom. The third-order valence-corrected chi connectivity index (χ3v) is 2.36. The second-order valence-corrected chi connectivity index (χ2v) is 3.73. The summed E-state index contributed by atoms with van der Waals surface area (Å²) in [4.78, 5) is 9.95. The average molecular weight is 258 g/mol. The Bertz CT molecular complexity index is 424. The van der Waals surface area contributed by atoms with E-state index in [-0.39, 0.29) is 11.7 Å². The molecule has 7 heteroatoms. The van der Waals surface area contributed by atoms with Crippen LogP contribution < -0.4 is 5.32 Å². The summed E-state index contributed by atoms with van der Waals surface area (Å²) < 4.78 is 23.3. The van der Waals surface area contributed by atoms with Gasteiger partial charge < -0.3 is 14.8 Å². The van der Waals surface area contributed by atoms with Crippen molar-refractivity contribution in [3.05, 3.63) is 34.1 Å². The SMILES string of the molecule is COC(OC)C(C)Nc1cc(F)cc([N+](=O)[O-])c1. The third kappa shape index (κ3) is 3.64. The van der Waals surface area contributed by atoms with Gasteiger partial charge in [-0.25, -0.2) is 4.39 Å². The number of anilines is 1. The molecule has 1 rings (SSSR count). The molecular formula is C11H15FN2O4. The van der Waals surface area contributed by atoms with Gasteiger partial charge in [0.15, 0.2) is 6.29 Å². The molecule has 18 heavy (non-hydrogen) atoms. The van der Waals surface area contributed by atoms with Gasteiger partial charge in [0.25, 0.3) is 5.69 Å². The van der Waals surface area contributed by atoms with Gasteiger partial charge >= 0.3 is 0 Å². The summed E-state index contributed by atoms with van der Waals surface area (Å²) in [6.07, 6.45) is -0.535. The maximum absolute atomic E-state index is 13.2. The van der Waals surface area contributed by atoms with Crippen LogP contribution in [0.5, 0.6) is 0 Å². The number of rotatable bonds is 6. The van der Waals surface area contributed by atoms with E-state index in [0.717, 1.165) is 6.07 Å². The smallest absolute Gasteiger partial charge is 0.274 e. The summed E-state index contributed by atoms with van der Waals surface area (Å²) in [6.45, 7) is 1.76. The maximum atomic E-state index is 13.2. The number of hydrogen-bond donors (Lipinski definition) is 1. The Labute approximate surface area is 104 Å². The van der Waals surface area contributed by atoms with E-state index in [1.807, 2.05) is 0 Å². The average Bonchev–Trinajstić information content (AvgIpc) is 2.29. The van der Waals surface area contributed by atoms with Crippen molar-refractivity contribution < 1.29 is 18.8 Å². The van der Waals surface area contributed by atoms with Crippen LogP contribution in [0.3, 0.4) is 0 Å². The number of nitrogens with one attached hydrogen (secondary N) is 1. The zero-order valence-corrected chi connectivity index (χ0v) is 10.3. The predicted molar refractivity (Wildman–Crippen MR) is 63.9 cm³/mol. The van der Waals surface area contributed by atoms with E-state index in [9.17, 15) is 14.5 Å². The molecule has 0 saturated carbocycles. The first-order valence-corrected chi connectivity index (χ1v) is 5.25. The van der Waals surface area contributed by atoms with Crippen LogP contribution in [-0.4, -0.2) is 31.5 Å². The van der Waals surface area contributed by atoms with Crippen LogP contribution in [-0.2, 0) is 9.47 Å². The fourth-order valence-corrected chi connectivity index (χ4v) is 1.60. The number of benzene rings is 1. The summed E-state index contributed by atoms with van der Waals surface area (Å²) in [5.41, 5.74) is -0.00983. The van der Waals surface area contributed by atoms with Crippen molar-refractivity contribution >= 4 is 11.4 Å². The maximum Gasteiger partial charge on any atom is 0.274 e. The van der Waals surface area contributed by atoms with Crippen molar-refractivity contribution in [2.75, 3.05) is 19.5 Å². The molecule has 1 aromatic rings. The normalized spacial score (nSPS) is 12.5. The number of ether oxygens (including phenoxy) is 2. The predicted octanol–water partition coefficient (Wildman–Crippen LogP) is 2.15. The van der Waals surface area contributed by atoms with Crippen molar-refractivity contribution in [1.82, 2.24) is 0 Å². The second kappa shape index (κ2) is 6.27. The lowest BCUT2D eigenvalue weighted by atomic mass is 10.2. The molecule has 1 N–H and O–H groups in total. The molecule has 100 valence electrons. The van der Waals surface area contributed by atoms with Gasteiger partial charge in [0.2, 0.25) is 0 Å². The number of nitro groups is 1. The molecule has 1 unspecified atom stereocenters. The van der Waals surface area contributed by atoms with E-state index in [2.05, 4.69) is 5.32 Å². The molecule has 0 aliphatic carbocycles. The molecule has 0 aromatic heterocycles. The van der Waals surface area contributed by atoms with Gasteiger partial charge in [0.1, 0.15) is 5.82 Å². The first-order chi connectivity index (χ1) is 8.47. The molecule has 0 aliphatic heterocycles. The minimum absolute atomic E-state index is 0.290. The molecule has 0 radical (unpaired) electrons. The van der Waals surface area contributed by atoms with Gasteiger partial charge in [-0.1, -0.05) is 0 Å². The highest BCUT2D eigenvalue weighted by Gasteiger charge is 2.17. The molecule has 0 spiro atoms. The number of non-ortho nitro benzene ring substituents is 1. The van der Waals surface area contributed by atoms with Crippen molar-refractivity contribution in [3.8, 4) is 0 Å². The van der Waals surface area contributed by atoms with Crippen LogP contribution in [0.1, 0.15) is 6.92 Å². The van der Waals surface area contributed by atoms with E-state index in [4.69, 9.17) is 9.47 Å². The summed E-state index contributed by atoms with van der Waals surface area (Å²) in [5.74, 6) is -0.676. The van der Waals surface area contributed by atoms with Crippen LogP contribution in [0.4, 0.5) is 15.8 Å². The fraction of sp³-hybridized carbons (Fsp3) is 0.455. The number of nitro benzene ring substituents is 1. The highest BCUT2D eigenvalue weighted by molar-refractivity contribution is 5.52. The zero-order valence-electron chi connectivity index (χ0n) is 10.3. The summed E-state index contributed by atoms with van der Waals surface area (Å²) in [6, 6.07) is 3.00. The van der Waals surface area contributed by atoms with Crippen LogP contribution >= 0.6 is 0 Å². The Morgan fingerprint density at radius 3 is 2.44 bits per heavy atom. The van der Waals surface area contributed by atoms with E-state index in [0.29, 0.717) is 5.69 Å². The van der Waals surface area contributed by atoms with Gasteiger partial charge in [-0.3, -0.25) is 10.1 Å². The topological polar surface area (TPSA) is 73.6 Å². The molecule has 0 heterocycles. The van der Waals surface area contributed by atoms with E-state index >= 15 is 0 Å². The lowest BCUT2D eigenvalue weighted by Crippen LogP contribution is -2.33. The second-order valence-electron chi connectivity index (χ2n) is 3.73. The van der Waals surface area contributed by atoms with Gasteiger partial charge in [-0.2, -0.15) is 0 Å². The van der Waals surface area contributed by atoms with Crippen molar-refractivity contribution in [3.63, 3.8) is 0 Å². The molecule has 0 saturated heterocycles. The Hall–Kier alpha value is -1.73. The summed E-state index contributed by atoms with van der Waals surface area (Å²) >= 11 is 0. The lowest BCUT2D eigenvalue weighted by molar-refractivity contribution is -0.385. The quantitative estimate of drug-likeness (QED) is 0.481. The van der Waals surface area contributed by atoms with Crippen LogP contribution in [0.2, 0.25) is 0 Å². The monoisotopic (exact) mass is 258 g/mol. The van der Waals surface area contributed by atoms with Gasteiger partial charge in [0, 0.05) is 26.0 Å². The Morgan fingerprint density at radius 1 is 1.33 bits per heavy atom. The standard InChI is InChI=1S/C11H15FN2O4/c1-7(11(17-2)18-3)13-9-4-8(12)5-10(6-9)14(15)16/h4-7,11,13H,1-3H3. The number of halogens is 1. The highest BCUT2D eigenvalue weighted by Crippen LogP contribution is 2.21. The van der Waals surface area contributed by atoms with Crippen LogP contribution in [0.25, 0.3) is 0 Å². The minimum atomic E-state index is -0.676. The van der Waals surface area contributed by atoms with Crippen LogP contribution in [0, 0.1) is 15.9 Å². The molecule has 0 bridgehead atoms. The molecule has 0 fully saturated rings. The first kappa shape index (κ1) is 14.3. The van der Waals surface area contributed by atoms with Gasteiger partial charge in [-0.05, 0) is 13.0 Å². The fourth-order valence-electron chi connectivity index (χ4n) is 1.60. The van der Waals surface area contributed by atoms with E-state index in [1.54, 1.807) is 6.92 Å². The van der Waals surface area contributed by atoms with Crippen molar-refractivity contribution in [2.24, 2.45) is 0 Å². The van der Waals surface area contributed by atoms with E-state index in [1.165, 1.54) is 26.4 Å². The van der Waals surface area contributed by atoms with Crippen molar-refractivity contribution in [2.45, 2.75) is 19.3 Å². The third-order valence-electron chi connectivity index (χ3n) is 2.36. The van der Waals surface area contributed by atoms with Crippen LogP contribution in [0.15, 0.2) is 18.2 Å². The molecule has 1 atom stereocenters. The number of nitrogens with zero attached hydrogens (tertiary/aromatic N) is 1.